The van der Waals surface area contributed by atoms with Crippen LogP contribution in [-0.4, -0.2) is 50.8 Å². The number of rotatable bonds is 6. The molecule has 0 spiro atoms. The van der Waals surface area contributed by atoms with Gasteiger partial charge in [0.1, 0.15) is 17.3 Å². The van der Waals surface area contributed by atoms with E-state index in [0.717, 1.165) is 6.42 Å². The third-order valence-corrected chi connectivity index (χ3v) is 4.45. The van der Waals surface area contributed by atoms with Gasteiger partial charge in [0, 0.05) is 25.7 Å². The minimum Gasteiger partial charge on any atom is -0.493 e. The molecule has 0 saturated carbocycles. The van der Waals surface area contributed by atoms with Gasteiger partial charge in [-0.05, 0) is 36.8 Å². The summed E-state index contributed by atoms with van der Waals surface area (Å²) in [6.45, 7) is 1.53. The van der Waals surface area contributed by atoms with E-state index >= 15 is 0 Å². The van der Waals surface area contributed by atoms with Crippen LogP contribution < -0.4 is 4.74 Å². The fourth-order valence-corrected chi connectivity index (χ4v) is 3.02. The first-order valence-corrected chi connectivity index (χ1v) is 8.68. The van der Waals surface area contributed by atoms with Gasteiger partial charge >= 0.3 is 0 Å². The summed E-state index contributed by atoms with van der Waals surface area (Å²) in [5.41, 5.74) is 0.472. The molecule has 27 heavy (non-hydrogen) atoms. The van der Waals surface area contributed by atoms with Gasteiger partial charge in [0.2, 0.25) is 5.89 Å². The Morgan fingerprint density at radius 3 is 2.96 bits per heavy atom. The van der Waals surface area contributed by atoms with Gasteiger partial charge in [0.25, 0.3) is 5.91 Å². The smallest absolute Gasteiger partial charge is 0.271 e. The number of nitrogens with one attached hydrogen (secondary N) is 1. The maximum atomic E-state index is 12.9. The van der Waals surface area contributed by atoms with Crippen molar-refractivity contribution in [3.63, 3.8) is 0 Å². The first-order valence-electron chi connectivity index (χ1n) is 8.68. The number of hydrogen-bond donors (Lipinski definition) is 1. The lowest BCUT2D eigenvalue weighted by atomic mass is 10.1. The highest BCUT2D eigenvalue weighted by Crippen LogP contribution is 2.26. The first-order chi connectivity index (χ1) is 13.2. The number of aromatic nitrogens is 4. The van der Waals surface area contributed by atoms with Crippen molar-refractivity contribution in [2.75, 3.05) is 19.7 Å². The predicted octanol–water partition coefficient (Wildman–Crippen LogP) is 2.18. The number of carbonyl (C=O) groups excluding carboxylic acids is 1. The molecule has 0 aliphatic carbocycles. The van der Waals surface area contributed by atoms with Crippen LogP contribution in [0.1, 0.15) is 34.5 Å². The van der Waals surface area contributed by atoms with Gasteiger partial charge in [-0.25, -0.2) is 4.39 Å². The summed E-state index contributed by atoms with van der Waals surface area (Å²) in [5, 5.41) is 10.5. The van der Waals surface area contributed by atoms with Gasteiger partial charge in [0.15, 0.2) is 5.82 Å². The molecule has 3 aromatic rings. The molecule has 1 saturated heterocycles. The summed E-state index contributed by atoms with van der Waals surface area (Å²) >= 11 is 0. The van der Waals surface area contributed by atoms with E-state index in [1.54, 1.807) is 29.3 Å². The van der Waals surface area contributed by atoms with Crippen molar-refractivity contribution in [1.29, 1.82) is 0 Å². The molecular weight excluding hydrogens is 353 g/mol. The van der Waals surface area contributed by atoms with E-state index in [9.17, 15) is 9.18 Å². The number of ether oxygens (including phenoxy) is 1. The lowest BCUT2D eigenvalue weighted by Crippen LogP contribution is -2.28. The lowest BCUT2D eigenvalue weighted by Gasteiger charge is -2.14. The maximum Gasteiger partial charge on any atom is 0.271 e. The number of benzene rings is 1. The van der Waals surface area contributed by atoms with Gasteiger partial charge < -0.3 is 14.2 Å². The monoisotopic (exact) mass is 371 g/mol. The Morgan fingerprint density at radius 2 is 2.19 bits per heavy atom. The van der Waals surface area contributed by atoms with E-state index in [0.29, 0.717) is 49.3 Å². The molecule has 8 nitrogen and oxygen atoms in total. The minimum absolute atomic E-state index is 0.0242. The number of amides is 1. The van der Waals surface area contributed by atoms with Gasteiger partial charge in [-0.2, -0.15) is 10.1 Å². The Morgan fingerprint density at radius 1 is 1.33 bits per heavy atom. The van der Waals surface area contributed by atoms with Crippen LogP contribution in [0.2, 0.25) is 0 Å². The van der Waals surface area contributed by atoms with Crippen molar-refractivity contribution in [3.8, 4) is 5.75 Å². The highest BCUT2D eigenvalue weighted by atomic mass is 19.1. The molecule has 1 N–H and O–H groups in total. The highest BCUT2D eigenvalue weighted by Gasteiger charge is 2.31. The van der Waals surface area contributed by atoms with Gasteiger partial charge in [-0.15, -0.1) is 0 Å². The predicted molar refractivity (Wildman–Crippen MR) is 91.7 cm³/mol. The molecule has 1 fully saturated rings. The summed E-state index contributed by atoms with van der Waals surface area (Å²) in [6.07, 6.45) is 2.80. The Hall–Kier alpha value is -3.23. The average molecular weight is 371 g/mol. The fourth-order valence-electron chi connectivity index (χ4n) is 3.02. The molecule has 2 aromatic heterocycles. The Balaban J connectivity index is 1.29. The van der Waals surface area contributed by atoms with Crippen LogP contribution >= 0.6 is 0 Å². The van der Waals surface area contributed by atoms with Crippen molar-refractivity contribution in [2.45, 2.75) is 18.8 Å². The molecule has 0 bridgehead atoms. The van der Waals surface area contributed by atoms with Crippen LogP contribution in [0.5, 0.6) is 5.75 Å². The van der Waals surface area contributed by atoms with Crippen LogP contribution in [0.15, 0.2) is 41.1 Å². The molecule has 1 aromatic carbocycles. The topological polar surface area (TPSA) is 97.1 Å². The zero-order valence-electron chi connectivity index (χ0n) is 14.5. The van der Waals surface area contributed by atoms with Crippen LogP contribution in [0.4, 0.5) is 4.39 Å². The Labute approximate surface area is 154 Å². The zero-order valence-corrected chi connectivity index (χ0v) is 14.5. The summed E-state index contributed by atoms with van der Waals surface area (Å²) < 4.78 is 23.8. The van der Waals surface area contributed by atoms with Crippen LogP contribution in [0.25, 0.3) is 0 Å². The normalized spacial score (nSPS) is 16.6. The van der Waals surface area contributed by atoms with E-state index < -0.39 is 0 Å². The van der Waals surface area contributed by atoms with Crippen molar-refractivity contribution in [1.82, 2.24) is 25.2 Å². The molecule has 4 rings (SSSR count). The van der Waals surface area contributed by atoms with E-state index in [-0.39, 0.29) is 17.6 Å². The summed E-state index contributed by atoms with van der Waals surface area (Å²) in [6, 6.07) is 7.49. The number of nitrogens with zero attached hydrogens (tertiary/aromatic N) is 4. The zero-order chi connectivity index (χ0) is 18.6. The van der Waals surface area contributed by atoms with Gasteiger partial charge in [0.05, 0.1) is 12.5 Å². The average Bonchev–Trinajstić information content (AvgIpc) is 3.44. The number of halogens is 1. The summed E-state index contributed by atoms with van der Waals surface area (Å²) in [5.74, 6) is 1.31. The van der Waals surface area contributed by atoms with Crippen molar-refractivity contribution < 1.29 is 18.4 Å². The number of aromatic amines is 1. The lowest BCUT2D eigenvalue weighted by molar-refractivity contribution is 0.0783. The number of H-pyrrole nitrogens is 1. The molecule has 1 unspecified atom stereocenters. The van der Waals surface area contributed by atoms with Crippen molar-refractivity contribution >= 4 is 5.91 Å². The molecule has 0 radical (unpaired) electrons. The molecule has 1 atom stereocenters. The van der Waals surface area contributed by atoms with Gasteiger partial charge in [-0.1, -0.05) is 5.16 Å². The largest absolute Gasteiger partial charge is 0.493 e. The molecule has 1 aliphatic heterocycles. The summed E-state index contributed by atoms with van der Waals surface area (Å²) in [4.78, 5) is 18.5. The second-order valence-corrected chi connectivity index (χ2v) is 6.31. The second kappa shape index (κ2) is 7.56. The molecule has 1 amide bonds. The SMILES string of the molecule is O=C(c1ccn[nH]1)N1CCC(c2nc(CCOc3ccc(F)cc3)no2)C1. The molecule has 1 aliphatic rings. The second-order valence-electron chi connectivity index (χ2n) is 6.31. The Kier molecular flexibility index (Phi) is 4.82. The third kappa shape index (κ3) is 3.97. The number of carbonyl (C=O) groups is 1. The van der Waals surface area contributed by atoms with E-state index in [4.69, 9.17) is 9.26 Å². The minimum atomic E-state index is -0.304. The van der Waals surface area contributed by atoms with E-state index in [1.807, 2.05) is 0 Å². The van der Waals surface area contributed by atoms with E-state index in [1.165, 1.54) is 12.1 Å². The number of likely N-dealkylation sites (tertiary alicyclic amines) is 1. The standard InChI is InChI=1S/C18H18FN5O3/c19-13-1-3-14(4-2-13)26-10-7-16-21-17(27-23-16)12-6-9-24(11-12)18(25)15-5-8-20-22-15/h1-5,8,12H,6-7,9-11H2,(H,20,22). The third-order valence-electron chi connectivity index (χ3n) is 4.45. The van der Waals surface area contributed by atoms with E-state index in [2.05, 4.69) is 20.3 Å². The van der Waals surface area contributed by atoms with Crippen molar-refractivity contribution in [2.24, 2.45) is 0 Å². The maximum absolute atomic E-state index is 12.9. The number of hydrogen-bond acceptors (Lipinski definition) is 6. The molecular formula is C18H18FN5O3. The fraction of sp³-hybridized carbons (Fsp3) is 0.333. The van der Waals surface area contributed by atoms with Crippen LogP contribution in [0, 0.1) is 5.82 Å². The summed E-state index contributed by atoms with van der Waals surface area (Å²) in [7, 11) is 0. The molecule has 140 valence electrons. The first kappa shape index (κ1) is 17.2. The highest BCUT2D eigenvalue weighted by molar-refractivity contribution is 5.92. The quantitative estimate of drug-likeness (QED) is 0.713. The van der Waals surface area contributed by atoms with Crippen LogP contribution in [0.3, 0.4) is 0 Å². The Bertz CT molecular complexity index is 894. The van der Waals surface area contributed by atoms with Crippen molar-refractivity contribution in [3.05, 3.63) is 59.8 Å². The molecule has 3 heterocycles. The van der Waals surface area contributed by atoms with Crippen LogP contribution in [-0.2, 0) is 6.42 Å². The molecule has 9 heteroatoms. The van der Waals surface area contributed by atoms with Gasteiger partial charge in [-0.3, -0.25) is 9.89 Å².